The lowest BCUT2D eigenvalue weighted by atomic mass is 10.1. The molecule has 3 N–H and O–H groups in total. The Morgan fingerprint density at radius 1 is 1.00 bits per heavy atom. The highest BCUT2D eigenvalue weighted by molar-refractivity contribution is 7.89. The van der Waals surface area contributed by atoms with E-state index in [0.29, 0.717) is 10.5 Å². The lowest BCUT2D eigenvalue weighted by Crippen LogP contribution is -2.38. The number of aromatic amines is 2. The number of fused-ring (bicyclic) bond motifs is 1. The topological polar surface area (TPSA) is 115 Å². The van der Waals surface area contributed by atoms with Gasteiger partial charge < -0.3 is 9.97 Å². The zero-order valence-electron chi connectivity index (χ0n) is 16.6. The molecule has 0 fully saturated rings. The van der Waals surface area contributed by atoms with Gasteiger partial charge in [0.15, 0.2) is 0 Å². The van der Waals surface area contributed by atoms with Crippen LogP contribution >= 0.6 is 11.6 Å². The monoisotopic (exact) mass is 450 g/mol. The van der Waals surface area contributed by atoms with E-state index < -0.39 is 21.1 Å². The third-order valence-corrected chi connectivity index (χ3v) is 6.75. The predicted molar refractivity (Wildman–Crippen MR) is 117 cm³/mol. The van der Waals surface area contributed by atoms with Gasteiger partial charge in [-0.05, 0) is 42.9 Å². The first-order valence-corrected chi connectivity index (χ1v) is 11.4. The number of rotatable bonds is 8. The fourth-order valence-electron chi connectivity index (χ4n) is 3.38. The molecule has 0 amide bonds. The standard InChI is InChI=1S/C20H23ClN4O4S/c1-3-25(4-2)18(14-7-5-6-8-15(14)21)12-22-30(28,29)13-9-10-16-17(11-13)24-20(27)19(26)23-16/h5-11,18,22H,3-4,12H2,1-2H3,(H,23,26)(H,24,27)/t18-/m1/s1. The van der Waals surface area contributed by atoms with E-state index in [2.05, 4.69) is 19.6 Å². The van der Waals surface area contributed by atoms with Crippen LogP contribution in [-0.2, 0) is 10.0 Å². The molecule has 0 aliphatic rings. The summed E-state index contributed by atoms with van der Waals surface area (Å²) in [6, 6.07) is 11.2. The number of likely N-dealkylation sites (N-methyl/N-ethyl adjacent to an activating group) is 1. The van der Waals surface area contributed by atoms with E-state index in [1.807, 2.05) is 32.0 Å². The smallest absolute Gasteiger partial charge is 0.314 e. The lowest BCUT2D eigenvalue weighted by Gasteiger charge is -2.30. The summed E-state index contributed by atoms with van der Waals surface area (Å²) in [4.78, 5) is 29.9. The van der Waals surface area contributed by atoms with E-state index >= 15 is 0 Å². The molecule has 1 aromatic heterocycles. The molecule has 1 heterocycles. The van der Waals surface area contributed by atoms with E-state index in [0.717, 1.165) is 18.7 Å². The SMILES string of the molecule is CCN(CC)[C@H](CNS(=O)(=O)c1ccc2[nH]c(=O)c(=O)[nH]c2c1)c1ccccc1Cl. The molecule has 10 heteroatoms. The van der Waals surface area contributed by atoms with Crippen molar-refractivity contribution in [3.63, 3.8) is 0 Å². The Bertz CT molecular complexity index is 1270. The van der Waals surface area contributed by atoms with Gasteiger partial charge in [0.1, 0.15) is 0 Å². The van der Waals surface area contributed by atoms with Crippen molar-refractivity contribution in [1.82, 2.24) is 19.6 Å². The molecule has 3 aromatic rings. The molecule has 8 nitrogen and oxygen atoms in total. The van der Waals surface area contributed by atoms with Crippen LogP contribution in [0.3, 0.4) is 0 Å². The zero-order chi connectivity index (χ0) is 21.9. The first kappa shape index (κ1) is 22.2. The van der Waals surface area contributed by atoms with Gasteiger partial charge in [-0.25, -0.2) is 13.1 Å². The highest BCUT2D eigenvalue weighted by Crippen LogP contribution is 2.27. The fraction of sp³-hybridized carbons (Fsp3) is 0.300. The van der Waals surface area contributed by atoms with E-state index in [1.165, 1.54) is 18.2 Å². The van der Waals surface area contributed by atoms with Gasteiger partial charge in [0.25, 0.3) is 0 Å². The number of halogens is 1. The molecular formula is C20H23ClN4O4S. The average molecular weight is 451 g/mol. The normalized spacial score (nSPS) is 13.1. The summed E-state index contributed by atoms with van der Waals surface area (Å²) in [5, 5.41) is 0.570. The number of hydrogen-bond acceptors (Lipinski definition) is 5. The summed E-state index contributed by atoms with van der Waals surface area (Å²) < 4.78 is 28.5. The van der Waals surface area contributed by atoms with Gasteiger partial charge >= 0.3 is 11.1 Å². The molecule has 3 rings (SSSR count). The molecule has 160 valence electrons. The fourth-order valence-corrected chi connectivity index (χ4v) is 4.70. The third-order valence-electron chi connectivity index (χ3n) is 4.99. The van der Waals surface area contributed by atoms with Crippen LogP contribution in [0.2, 0.25) is 5.02 Å². The second-order valence-corrected chi connectivity index (χ2v) is 8.90. The van der Waals surface area contributed by atoms with Crippen molar-refractivity contribution in [1.29, 1.82) is 0 Å². The summed E-state index contributed by atoms with van der Waals surface area (Å²) in [7, 11) is -3.87. The van der Waals surface area contributed by atoms with Crippen molar-refractivity contribution in [2.75, 3.05) is 19.6 Å². The van der Waals surface area contributed by atoms with Crippen LogP contribution in [0.15, 0.2) is 56.9 Å². The Kier molecular flexibility index (Phi) is 6.77. The number of nitrogens with zero attached hydrogens (tertiary/aromatic N) is 1. The molecule has 0 bridgehead atoms. The van der Waals surface area contributed by atoms with Gasteiger partial charge in [-0.3, -0.25) is 14.5 Å². The number of aromatic nitrogens is 2. The van der Waals surface area contributed by atoms with Crippen LogP contribution in [0.25, 0.3) is 11.0 Å². The molecule has 0 spiro atoms. The zero-order valence-corrected chi connectivity index (χ0v) is 18.2. The maximum absolute atomic E-state index is 12.9. The summed E-state index contributed by atoms with van der Waals surface area (Å²) in [6.45, 7) is 5.57. The van der Waals surface area contributed by atoms with Crippen LogP contribution < -0.4 is 15.8 Å². The van der Waals surface area contributed by atoms with Gasteiger partial charge in [0, 0.05) is 17.6 Å². The summed E-state index contributed by atoms with van der Waals surface area (Å²) >= 11 is 6.37. The van der Waals surface area contributed by atoms with Crippen LogP contribution in [0.1, 0.15) is 25.5 Å². The van der Waals surface area contributed by atoms with Gasteiger partial charge in [-0.15, -0.1) is 0 Å². The minimum absolute atomic E-state index is 0.0184. The molecule has 0 aliphatic heterocycles. The summed E-state index contributed by atoms with van der Waals surface area (Å²) in [5.41, 5.74) is -0.223. The number of nitrogens with one attached hydrogen (secondary N) is 3. The lowest BCUT2D eigenvalue weighted by molar-refractivity contribution is 0.220. The first-order valence-electron chi connectivity index (χ1n) is 9.51. The second-order valence-electron chi connectivity index (χ2n) is 6.73. The summed E-state index contributed by atoms with van der Waals surface area (Å²) in [5.74, 6) is 0. The van der Waals surface area contributed by atoms with E-state index in [1.54, 1.807) is 6.07 Å². The maximum atomic E-state index is 12.9. The van der Waals surface area contributed by atoms with Crippen molar-refractivity contribution in [3.05, 3.63) is 73.8 Å². The van der Waals surface area contributed by atoms with Gasteiger partial charge in [-0.1, -0.05) is 43.6 Å². The quantitative estimate of drug-likeness (QED) is 0.455. The maximum Gasteiger partial charge on any atom is 0.314 e. The van der Waals surface area contributed by atoms with Gasteiger partial charge in [0.2, 0.25) is 10.0 Å². The van der Waals surface area contributed by atoms with Crippen molar-refractivity contribution >= 4 is 32.7 Å². The highest BCUT2D eigenvalue weighted by atomic mass is 35.5. The molecule has 1 atom stereocenters. The number of hydrogen-bond donors (Lipinski definition) is 3. The van der Waals surface area contributed by atoms with Crippen LogP contribution in [0.5, 0.6) is 0 Å². The minimum atomic E-state index is -3.87. The molecule has 0 saturated carbocycles. The van der Waals surface area contributed by atoms with Crippen LogP contribution in [0.4, 0.5) is 0 Å². The van der Waals surface area contributed by atoms with Crippen molar-refractivity contribution in [3.8, 4) is 0 Å². The molecule has 0 unspecified atom stereocenters. The van der Waals surface area contributed by atoms with E-state index in [9.17, 15) is 18.0 Å². The van der Waals surface area contributed by atoms with Gasteiger partial charge in [-0.2, -0.15) is 0 Å². The number of sulfonamides is 1. The molecule has 2 aromatic carbocycles. The largest absolute Gasteiger partial charge is 0.316 e. The molecule has 0 aliphatic carbocycles. The van der Waals surface area contributed by atoms with Crippen molar-refractivity contribution in [2.45, 2.75) is 24.8 Å². The third kappa shape index (κ3) is 4.65. The van der Waals surface area contributed by atoms with E-state index in [4.69, 9.17) is 11.6 Å². The second kappa shape index (κ2) is 9.13. The molecule has 0 saturated heterocycles. The van der Waals surface area contributed by atoms with E-state index in [-0.39, 0.29) is 23.0 Å². The van der Waals surface area contributed by atoms with Crippen LogP contribution in [0, 0.1) is 0 Å². The Labute approximate surface area is 178 Å². The Morgan fingerprint density at radius 2 is 1.63 bits per heavy atom. The first-order chi connectivity index (χ1) is 14.3. The Balaban J connectivity index is 1.92. The number of benzene rings is 2. The average Bonchev–Trinajstić information content (AvgIpc) is 2.72. The minimum Gasteiger partial charge on any atom is -0.316 e. The van der Waals surface area contributed by atoms with Crippen LogP contribution in [-0.4, -0.2) is 42.9 Å². The summed E-state index contributed by atoms with van der Waals surface area (Å²) in [6.07, 6.45) is 0. The Hall–Kier alpha value is -2.46. The van der Waals surface area contributed by atoms with Gasteiger partial charge in [0.05, 0.1) is 15.9 Å². The molecule has 30 heavy (non-hydrogen) atoms. The molecular weight excluding hydrogens is 428 g/mol. The Morgan fingerprint density at radius 3 is 2.27 bits per heavy atom. The number of H-pyrrole nitrogens is 2. The predicted octanol–water partition coefficient (Wildman–Crippen LogP) is 2.23. The van der Waals surface area contributed by atoms with Crippen molar-refractivity contribution < 1.29 is 8.42 Å². The highest BCUT2D eigenvalue weighted by Gasteiger charge is 2.24. The van der Waals surface area contributed by atoms with Crippen molar-refractivity contribution in [2.24, 2.45) is 0 Å². The molecule has 0 radical (unpaired) electrons.